The van der Waals surface area contributed by atoms with E-state index in [2.05, 4.69) is 16.9 Å². The van der Waals surface area contributed by atoms with Crippen LogP contribution < -0.4 is 5.32 Å². The predicted octanol–water partition coefficient (Wildman–Crippen LogP) is 2.61. The molecule has 1 aliphatic carbocycles. The number of amides is 2. The molecule has 0 atom stereocenters. The molecular weight excluding hydrogens is 302 g/mol. The summed E-state index contributed by atoms with van der Waals surface area (Å²) in [5, 5.41) is 3.12. The summed E-state index contributed by atoms with van der Waals surface area (Å²) in [7, 11) is 0. The van der Waals surface area contributed by atoms with E-state index in [1.165, 1.54) is 0 Å². The van der Waals surface area contributed by atoms with Gasteiger partial charge >= 0.3 is 0 Å². The van der Waals surface area contributed by atoms with Crippen LogP contribution in [0.1, 0.15) is 54.6 Å². The van der Waals surface area contributed by atoms with Crippen molar-refractivity contribution in [2.24, 2.45) is 0 Å². The number of nitrogens with zero attached hydrogens (tertiary/aromatic N) is 2. The van der Waals surface area contributed by atoms with Crippen LogP contribution in [0, 0.1) is 6.92 Å². The minimum atomic E-state index is -0.0612. The number of likely N-dealkylation sites (tertiary alicyclic amines) is 1. The fourth-order valence-electron chi connectivity index (χ4n) is 3.99. The minimum Gasteiger partial charge on any atom is -0.349 e. The first-order chi connectivity index (χ1) is 11.5. The van der Waals surface area contributed by atoms with E-state index in [9.17, 15) is 9.59 Å². The largest absolute Gasteiger partial charge is 0.349 e. The second-order valence-corrected chi connectivity index (χ2v) is 6.95. The molecule has 2 amide bonds. The van der Waals surface area contributed by atoms with Crippen molar-refractivity contribution in [1.29, 1.82) is 0 Å². The van der Waals surface area contributed by atoms with Crippen LogP contribution in [0.4, 0.5) is 0 Å². The Balaban J connectivity index is 1.59. The van der Waals surface area contributed by atoms with Crippen molar-refractivity contribution in [2.45, 2.75) is 57.0 Å². The summed E-state index contributed by atoms with van der Waals surface area (Å²) >= 11 is 0. The summed E-state index contributed by atoms with van der Waals surface area (Å²) in [6.07, 6.45) is 8.72. The Labute approximate surface area is 143 Å². The lowest BCUT2D eigenvalue weighted by atomic mass is 9.77. The summed E-state index contributed by atoms with van der Waals surface area (Å²) in [6.45, 7) is 6.31. The molecule has 0 radical (unpaired) electrons. The van der Waals surface area contributed by atoms with Crippen LogP contribution >= 0.6 is 0 Å². The average Bonchev–Trinajstić information content (AvgIpc) is 2.88. The topological polar surface area (TPSA) is 62.3 Å². The van der Waals surface area contributed by atoms with Crippen molar-refractivity contribution in [3.63, 3.8) is 0 Å². The van der Waals surface area contributed by atoms with Crippen LogP contribution in [0.3, 0.4) is 0 Å². The van der Waals surface area contributed by atoms with Crippen LogP contribution in [-0.4, -0.2) is 39.8 Å². The maximum absolute atomic E-state index is 12.3. The number of carbonyl (C=O) groups is 2. The zero-order chi connectivity index (χ0) is 17.2. The average molecular weight is 327 g/mol. The molecule has 0 bridgehead atoms. The lowest BCUT2D eigenvalue weighted by Crippen LogP contribution is -2.51. The summed E-state index contributed by atoms with van der Waals surface area (Å²) in [5.41, 5.74) is 1.49. The first-order valence-electron chi connectivity index (χ1n) is 8.69. The van der Waals surface area contributed by atoms with Gasteiger partial charge in [0.15, 0.2) is 0 Å². The standard InChI is InChI=1S/C19H25N3O2/c1-3-12-22-17(23)8-11-19(22)9-6-16(7-10-19)21-18(24)15-5-4-14(2)20-13-15/h3-5,13,16H,1,6-12H2,2H3,(H,21,24). The van der Waals surface area contributed by atoms with Gasteiger partial charge in [-0.3, -0.25) is 14.6 Å². The van der Waals surface area contributed by atoms with E-state index in [1.54, 1.807) is 6.20 Å². The molecule has 0 unspecified atom stereocenters. The van der Waals surface area contributed by atoms with Crippen molar-refractivity contribution in [2.75, 3.05) is 6.54 Å². The normalized spacial score (nSPS) is 26.6. The third kappa shape index (κ3) is 3.21. The molecule has 1 N–H and O–H groups in total. The van der Waals surface area contributed by atoms with Crippen molar-refractivity contribution in [3.05, 3.63) is 42.2 Å². The lowest BCUT2D eigenvalue weighted by molar-refractivity contribution is -0.131. The third-order valence-electron chi connectivity index (χ3n) is 5.41. The molecule has 2 heterocycles. The Morgan fingerprint density at radius 1 is 1.42 bits per heavy atom. The molecule has 1 saturated heterocycles. The van der Waals surface area contributed by atoms with E-state index >= 15 is 0 Å². The minimum absolute atomic E-state index is 0.0160. The molecule has 2 aliphatic rings. The van der Waals surface area contributed by atoms with Gasteiger partial charge in [-0.05, 0) is 51.2 Å². The predicted molar refractivity (Wildman–Crippen MR) is 92.6 cm³/mol. The van der Waals surface area contributed by atoms with Gasteiger partial charge in [-0.25, -0.2) is 0 Å². The Kier molecular flexibility index (Phi) is 4.69. The summed E-state index contributed by atoms with van der Waals surface area (Å²) < 4.78 is 0. The lowest BCUT2D eigenvalue weighted by Gasteiger charge is -2.43. The van der Waals surface area contributed by atoms with Gasteiger partial charge in [-0.15, -0.1) is 6.58 Å². The number of carbonyl (C=O) groups excluding carboxylic acids is 2. The second kappa shape index (κ2) is 6.75. The van der Waals surface area contributed by atoms with Crippen LogP contribution in [0.5, 0.6) is 0 Å². The number of nitrogens with one attached hydrogen (secondary N) is 1. The number of aromatic nitrogens is 1. The SMILES string of the molecule is C=CCN1C(=O)CCC12CCC(NC(=O)c1ccc(C)nc1)CC2. The van der Waals surface area contributed by atoms with E-state index in [0.29, 0.717) is 18.5 Å². The first-order valence-corrected chi connectivity index (χ1v) is 8.69. The molecule has 1 saturated carbocycles. The van der Waals surface area contributed by atoms with Crippen molar-refractivity contribution in [1.82, 2.24) is 15.2 Å². The number of pyridine rings is 1. The zero-order valence-electron chi connectivity index (χ0n) is 14.3. The van der Waals surface area contributed by atoms with E-state index < -0.39 is 0 Å². The first kappa shape index (κ1) is 16.7. The molecule has 5 nitrogen and oxygen atoms in total. The Bertz CT molecular complexity index is 631. The van der Waals surface area contributed by atoms with Gasteiger partial charge in [0, 0.05) is 36.4 Å². The monoisotopic (exact) mass is 327 g/mol. The van der Waals surface area contributed by atoms with Gasteiger partial charge in [-0.1, -0.05) is 6.08 Å². The summed E-state index contributed by atoms with van der Waals surface area (Å²) in [5.74, 6) is 0.178. The van der Waals surface area contributed by atoms with E-state index in [-0.39, 0.29) is 23.4 Å². The van der Waals surface area contributed by atoms with Crippen LogP contribution in [-0.2, 0) is 4.79 Å². The number of aryl methyl sites for hydroxylation is 1. The van der Waals surface area contributed by atoms with Crippen LogP contribution in [0.15, 0.2) is 31.0 Å². The smallest absolute Gasteiger partial charge is 0.253 e. The van der Waals surface area contributed by atoms with Gasteiger partial charge in [0.25, 0.3) is 5.91 Å². The molecule has 24 heavy (non-hydrogen) atoms. The second-order valence-electron chi connectivity index (χ2n) is 6.95. The molecule has 1 aliphatic heterocycles. The van der Waals surface area contributed by atoms with Gasteiger partial charge in [0.05, 0.1) is 5.56 Å². The molecular formula is C19H25N3O2. The Hall–Kier alpha value is -2.17. The zero-order valence-corrected chi connectivity index (χ0v) is 14.3. The Morgan fingerprint density at radius 2 is 2.17 bits per heavy atom. The highest BCUT2D eigenvalue weighted by Gasteiger charge is 2.46. The Morgan fingerprint density at radius 3 is 2.79 bits per heavy atom. The summed E-state index contributed by atoms with van der Waals surface area (Å²) in [6, 6.07) is 3.83. The fraction of sp³-hybridized carbons (Fsp3) is 0.526. The van der Waals surface area contributed by atoms with Gasteiger partial charge < -0.3 is 10.2 Å². The van der Waals surface area contributed by atoms with E-state index in [1.807, 2.05) is 30.0 Å². The maximum atomic E-state index is 12.3. The van der Waals surface area contributed by atoms with Gasteiger partial charge in [-0.2, -0.15) is 0 Å². The van der Waals surface area contributed by atoms with Crippen molar-refractivity contribution >= 4 is 11.8 Å². The highest BCUT2D eigenvalue weighted by Crippen LogP contribution is 2.42. The fourth-order valence-corrected chi connectivity index (χ4v) is 3.99. The molecule has 2 fully saturated rings. The van der Waals surface area contributed by atoms with Crippen molar-refractivity contribution < 1.29 is 9.59 Å². The highest BCUT2D eigenvalue weighted by atomic mass is 16.2. The van der Waals surface area contributed by atoms with Crippen molar-refractivity contribution in [3.8, 4) is 0 Å². The maximum Gasteiger partial charge on any atom is 0.253 e. The van der Waals surface area contributed by atoms with Gasteiger partial charge in [0.1, 0.15) is 0 Å². The highest BCUT2D eigenvalue weighted by molar-refractivity contribution is 5.94. The number of hydrogen-bond donors (Lipinski definition) is 1. The van der Waals surface area contributed by atoms with E-state index in [0.717, 1.165) is 37.8 Å². The van der Waals surface area contributed by atoms with Crippen LogP contribution in [0.2, 0.25) is 0 Å². The third-order valence-corrected chi connectivity index (χ3v) is 5.41. The quantitative estimate of drug-likeness (QED) is 0.865. The molecule has 1 aromatic heterocycles. The summed E-state index contributed by atoms with van der Waals surface area (Å²) in [4.78, 5) is 30.6. The van der Waals surface area contributed by atoms with Crippen LogP contribution in [0.25, 0.3) is 0 Å². The molecule has 128 valence electrons. The van der Waals surface area contributed by atoms with E-state index in [4.69, 9.17) is 0 Å². The number of hydrogen-bond acceptors (Lipinski definition) is 3. The number of rotatable bonds is 4. The molecule has 1 aromatic rings. The molecule has 1 spiro atoms. The molecule has 3 rings (SSSR count). The van der Waals surface area contributed by atoms with Gasteiger partial charge in [0.2, 0.25) is 5.91 Å². The molecule has 5 heteroatoms. The molecule has 0 aromatic carbocycles.